The third kappa shape index (κ3) is 7.71. The van der Waals surface area contributed by atoms with E-state index in [1.54, 1.807) is 12.1 Å². The number of piperazine rings is 1. The monoisotopic (exact) mass is 462 g/mol. The molecule has 0 aromatic heterocycles. The molecule has 0 radical (unpaired) electrons. The third-order valence-electron chi connectivity index (χ3n) is 5.06. The topological polar surface area (TPSA) is 15.7 Å². The molecule has 1 atom stereocenters. The summed E-state index contributed by atoms with van der Waals surface area (Å²) in [6.07, 6.45) is 0.918. The van der Waals surface area contributed by atoms with E-state index < -0.39 is 0 Å². The Bertz CT molecular complexity index is 709. The smallest absolute Gasteiger partial charge is 0.123 e. The number of ether oxygens (including phenoxy) is 1. The summed E-state index contributed by atoms with van der Waals surface area (Å²) in [5.41, 5.74) is 1.83. The van der Waals surface area contributed by atoms with Crippen LogP contribution in [0.1, 0.15) is 30.6 Å². The minimum Gasteiger partial charge on any atom is -0.367 e. The summed E-state index contributed by atoms with van der Waals surface area (Å²) < 4.78 is 19.6. The Morgan fingerprint density at radius 3 is 2.10 bits per heavy atom. The van der Waals surface area contributed by atoms with Gasteiger partial charge in [0.1, 0.15) is 11.9 Å². The van der Waals surface area contributed by atoms with Gasteiger partial charge >= 0.3 is 0 Å². The van der Waals surface area contributed by atoms with Crippen LogP contribution < -0.4 is 0 Å². The van der Waals surface area contributed by atoms with Crippen LogP contribution in [0.4, 0.5) is 4.39 Å². The molecule has 0 N–H and O–H groups in total. The van der Waals surface area contributed by atoms with Gasteiger partial charge in [-0.15, -0.1) is 24.8 Å². The minimum atomic E-state index is -0.291. The fourth-order valence-electron chi connectivity index (χ4n) is 3.54. The second-order valence-electron chi connectivity index (χ2n) is 7.01. The molecule has 0 aliphatic carbocycles. The molecule has 3 nitrogen and oxygen atoms in total. The molecule has 1 aliphatic heterocycles. The fraction of sp³-hybridized carbons (Fsp3) is 0.455. The van der Waals surface area contributed by atoms with Crippen molar-refractivity contribution < 1.29 is 9.13 Å². The Morgan fingerprint density at radius 1 is 0.931 bits per heavy atom. The first-order valence-corrected chi connectivity index (χ1v) is 10.1. The van der Waals surface area contributed by atoms with Gasteiger partial charge in [-0.05, 0) is 36.7 Å². The van der Waals surface area contributed by atoms with E-state index in [0.717, 1.165) is 43.9 Å². The van der Waals surface area contributed by atoms with Crippen LogP contribution >= 0.6 is 36.4 Å². The Hall–Kier alpha value is -0.880. The summed E-state index contributed by atoms with van der Waals surface area (Å²) in [6, 6.07) is 14.2. The van der Waals surface area contributed by atoms with Crippen molar-refractivity contribution >= 4 is 36.4 Å². The standard InChI is InChI=1S/C22H28ClFN2O.2ClH/c1-2-11-25-12-14-26(15-13-25)16-17-27-22(18-7-9-19(24)10-8-18)20-5-3-4-6-21(20)23;;/h3-10,22H,2,11-17H2,1H3;2*1H. The van der Waals surface area contributed by atoms with Crippen molar-refractivity contribution in [3.63, 3.8) is 0 Å². The summed E-state index contributed by atoms with van der Waals surface area (Å²) in [4.78, 5) is 4.96. The molecular formula is C22H30Cl3FN2O. The van der Waals surface area contributed by atoms with Gasteiger partial charge in [0, 0.05) is 43.3 Å². The van der Waals surface area contributed by atoms with E-state index in [9.17, 15) is 4.39 Å². The van der Waals surface area contributed by atoms with Crippen molar-refractivity contribution in [1.29, 1.82) is 0 Å². The van der Waals surface area contributed by atoms with E-state index in [1.807, 2.05) is 24.3 Å². The van der Waals surface area contributed by atoms with Gasteiger partial charge in [0.2, 0.25) is 0 Å². The second-order valence-corrected chi connectivity index (χ2v) is 7.41. The quantitative estimate of drug-likeness (QED) is 0.517. The average Bonchev–Trinajstić information content (AvgIpc) is 2.69. The summed E-state index contributed by atoms with van der Waals surface area (Å²) in [7, 11) is 0. The van der Waals surface area contributed by atoms with E-state index >= 15 is 0 Å². The predicted octanol–water partition coefficient (Wildman–Crippen LogP) is 5.46. The first-order valence-electron chi connectivity index (χ1n) is 9.73. The highest BCUT2D eigenvalue weighted by Gasteiger charge is 2.20. The molecule has 1 unspecified atom stereocenters. The predicted molar refractivity (Wildman–Crippen MR) is 123 cm³/mol. The van der Waals surface area contributed by atoms with Gasteiger partial charge < -0.3 is 9.64 Å². The molecule has 1 saturated heterocycles. The van der Waals surface area contributed by atoms with Crippen LogP contribution in [-0.2, 0) is 4.74 Å². The third-order valence-corrected chi connectivity index (χ3v) is 5.40. The second kappa shape index (κ2) is 13.4. The van der Waals surface area contributed by atoms with Crippen molar-refractivity contribution in [3.8, 4) is 0 Å². The van der Waals surface area contributed by atoms with E-state index in [1.165, 1.54) is 25.1 Å². The maximum absolute atomic E-state index is 13.3. The van der Waals surface area contributed by atoms with Gasteiger partial charge in [0.05, 0.1) is 6.61 Å². The van der Waals surface area contributed by atoms with Crippen LogP contribution in [-0.4, -0.2) is 55.7 Å². The Labute approximate surface area is 191 Å². The molecule has 162 valence electrons. The average molecular weight is 464 g/mol. The zero-order valence-electron chi connectivity index (χ0n) is 16.7. The van der Waals surface area contributed by atoms with Crippen LogP contribution in [0.2, 0.25) is 5.02 Å². The van der Waals surface area contributed by atoms with Crippen LogP contribution in [0.5, 0.6) is 0 Å². The van der Waals surface area contributed by atoms with Crippen molar-refractivity contribution in [3.05, 3.63) is 70.5 Å². The zero-order valence-corrected chi connectivity index (χ0v) is 19.1. The van der Waals surface area contributed by atoms with E-state index in [2.05, 4.69) is 16.7 Å². The summed E-state index contributed by atoms with van der Waals surface area (Å²) in [5.74, 6) is -0.249. The number of benzene rings is 2. The lowest BCUT2D eigenvalue weighted by atomic mass is 10.0. The Balaban J connectivity index is 0.00000210. The summed E-state index contributed by atoms with van der Waals surface area (Å²) in [6.45, 7) is 9.32. The molecule has 29 heavy (non-hydrogen) atoms. The van der Waals surface area contributed by atoms with Gasteiger partial charge in [-0.3, -0.25) is 4.90 Å². The zero-order chi connectivity index (χ0) is 19.1. The van der Waals surface area contributed by atoms with Gasteiger partial charge in [-0.2, -0.15) is 0 Å². The summed E-state index contributed by atoms with van der Waals surface area (Å²) in [5, 5.41) is 0.667. The fourth-order valence-corrected chi connectivity index (χ4v) is 3.78. The van der Waals surface area contributed by atoms with Crippen molar-refractivity contribution in [2.24, 2.45) is 0 Å². The highest BCUT2D eigenvalue weighted by atomic mass is 35.5. The number of hydrogen-bond acceptors (Lipinski definition) is 3. The van der Waals surface area contributed by atoms with E-state index in [0.29, 0.717) is 11.6 Å². The van der Waals surface area contributed by atoms with Crippen LogP contribution in [0.15, 0.2) is 48.5 Å². The molecule has 1 aliphatic rings. The summed E-state index contributed by atoms with van der Waals surface area (Å²) >= 11 is 6.40. The largest absolute Gasteiger partial charge is 0.367 e. The molecule has 3 rings (SSSR count). The van der Waals surface area contributed by atoms with Gasteiger partial charge in [-0.1, -0.05) is 48.9 Å². The molecule has 7 heteroatoms. The van der Waals surface area contributed by atoms with Crippen LogP contribution in [0.3, 0.4) is 0 Å². The molecule has 0 bridgehead atoms. The molecule has 2 aromatic rings. The van der Waals surface area contributed by atoms with Gasteiger partial charge in [0.25, 0.3) is 0 Å². The SMILES string of the molecule is CCCN1CCN(CCOC(c2ccc(F)cc2)c2ccccc2Cl)CC1.Cl.Cl. The first kappa shape index (κ1) is 26.2. The lowest BCUT2D eigenvalue weighted by Crippen LogP contribution is -2.47. The van der Waals surface area contributed by atoms with E-state index in [4.69, 9.17) is 16.3 Å². The molecule has 2 aromatic carbocycles. The van der Waals surface area contributed by atoms with Gasteiger partial charge in [-0.25, -0.2) is 4.39 Å². The highest BCUT2D eigenvalue weighted by molar-refractivity contribution is 6.31. The van der Waals surface area contributed by atoms with Crippen molar-refractivity contribution in [2.45, 2.75) is 19.4 Å². The number of rotatable bonds is 8. The van der Waals surface area contributed by atoms with E-state index in [-0.39, 0.29) is 36.7 Å². The molecule has 0 saturated carbocycles. The highest BCUT2D eigenvalue weighted by Crippen LogP contribution is 2.31. The first-order chi connectivity index (χ1) is 13.2. The molecule has 0 spiro atoms. The number of hydrogen-bond donors (Lipinski definition) is 0. The molecule has 1 heterocycles. The lowest BCUT2D eigenvalue weighted by Gasteiger charge is -2.34. The van der Waals surface area contributed by atoms with Gasteiger partial charge in [0.15, 0.2) is 0 Å². The lowest BCUT2D eigenvalue weighted by molar-refractivity contribution is 0.0453. The molecule has 1 fully saturated rings. The normalized spacial score (nSPS) is 16.0. The molecule has 0 amide bonds. The number of nitrogens with zero attached hydrogens (tertiary/aromatic N) is 2. The van der Waals surface area contributed by atoms with Crippen molar-refractivity contribution in [2.75, 3.05) is 45.9 Å². The Kier molecular flexibility index (Phi) is 12.1. The minimum absolute atomic E-state index is 0. The van der Waals surface area contributed by atoms with Crippen LogP contribution in [0.25, 0.3) is 0 Å². The van der Waals surface area contributed by atoms with Crippen molar-refractivity contribution in [1.82, 2.24) is 9.80 Å². The Morgan fingerprint density at radius 2 is 1.52 bits per heavy atom. The maximum Gasteiger partial charge on any atom is 0.123 e. The molecular weight excluding hydrogens is 434 g/mol. The van der Waals surface area contributed by atoms with Crippen LogP contribution in [0, 0.1) is 5.82 Å². The maximum atomic E-state index is 13.3. The number of halogens is 4.